The van der Waals surface area contributed by atoms with E-state index >= 15 is 0 Å². The Morgan fingerprint density at radius 2 is 1.90 bits per heavy atom. The number of nitrogens with two attached hydrogens (primary N) is 1. The van der Waals surface area contributed by atoms with Crippen molar-refractivity contribution in [3.05, 3.63) is 78.0 Å². The van der Waals surface area contributed by atoms with Gasteiger partial charge in [-0.3, -0.25) is 5.43 Å². The minimum atomic E-state index is -3.77. The molecular weight excluding hydrogens is 392 g/mol. The molecule has 3 N–H and O–H groups in total. The number of hydrogen-bond acceptors (Lipinski definition) is 7. The third-order valence-corrected chi connectivity index (χ3v) is 4.78. The largest absolute Gasteiger partial charge is 0.493 e. The molecule has 2 aromatic carbocycles. The number of ether oxygens (including phenoxy) is 2. The van der Waals surface area contributed by atoms with Crippen LogP contribution in [0.1, 0.15) is 11.1 Å². The van der Waals surface area contributed by atoms with Gasteiger partial charge in [-0.1, -0.05) is 30.3 Å². The molecule has 0 atom stereocenters. The van der Waals surface area contributed by atoms with Gasteiger partial charge in [0.15, 0.2) is 11.5 Å². The first-order valence-electron chi connectivity index (χ1n) is 8.58. The Kier molecular flexibility index (Phi) is 6.43. The van der Waals surface area contributed by atoms with Crippen molar-refractivity contribution >= 4 is 22.1 Å². The van der Waals surface area contributed by atoms with Crippen LogP contribution < -0.4 is 20.0 Å². The molecule has 0 aliphatic heterocycles. The Bertz CT molecular complexity index is 1090. The van der Waals surface area contributed by atoms with Gasteiger partial charge < -0.3 is 9.47 Å². The Hall–Kier alpha value is -3.43. The summed E-state index contributed by atoms with van der Waals surface area (Å²) in [5.41, 5.74) is 4.55. The van der Waals surface area contributed by atoms with Crippen molar-refractivity contribution < 1.29 is 17.9 Å². The van der Waals surface area contributed by atoms with Crippen LogP contribution in [-0.4, -0.2) is 26.7 Å². The van der Waals surface area contributed by atoms with E-state index < -0.39 is 10.0 Å². The second kappa shape index (κ2) is 9.18. The zero-order chi connectivity index (χ0) is 20.7. The normalized spacial score (nSPS) is 11.4. The lowest BCUT2D eigenvalue weighted by Gasteiger charge is -2.11. The van der Waals surface area contributed by atoms with Gasteiger partial charge >= 0.3 is 0 Å². The van der Waals surface area contributed by atoms with Gasteiger partial charge in [-0.25, -0.2) is 18.5 Å². The maximum Gasteiger partial charge on any atom is 0.239 e. The van der Waals surface area contributed by atoms with E-state index in [0.717, 1.165) is 17.3 Å². The lowest BCUT2D eigenvalue weighted by Crippen LogP contribution is -2.12. The molecule has 0 bridgehead atoms. The monoisotopic (exact) mass is 412 g/mol. The maximum absolute atomic E-state index is 11.2. The zero-order valence-corrected chi connectivity index (χ0v) is 16.5. The van der Waals surface area contributed by atoms with Crippen molar-refractivity contribution in [1.82, 2.24) is 4.98 Å². The summed E-state index contributed by atoms with van der Waals surface area (Å²) in [4.78, 5) is 3.89. The summed E-state index contributed by atoms with van der Waals surface area (Å²) in [5.74, 6) is 1.59. The summed E-state index contributed by atoms with van der Waals surface area (Å²) in [6.45, 7) is 0.413. The molecular formula is C20H20N4O4S. The average Bonchev–Trinajstić information content (AvgIpc) is 2.73. The van der Waals surface area contributed by atoms with Crippen LogP contribution >= 0.6 is 0 Å². The highest BCUT2D eigenvalue weighted by Gasteiger charge is 2.08. The van der Waals surface area contributed by atoms with E-state index in [9.17, 15) is 8.42 Å². The van der Waals surface area contributed by atoms with Crippen molar-refractivity contribution in [3.8, 4) is 11.5 Å². The first-order valence-corrected chi connectivity index (χ1v) is 10.1. The minimum Gasteiger partial charge on any atom is -0.493 e. The molecule has 0 aliphatic carbocycles. The Morgan fingerprint density at radius 3 is 2.55 bits per heavy atom. The first kappa shape index (κ1) is 20.3. The van der Waals surface area contributed by atoms with Gasteiger partial charge in [-0.2, -0.15) is 5.10 Å². The van der Waals surface area contributed by atoms with Gasteiger partial charge in [0.2, 0.25) is 10.0 Å². The number of nitrogens with zero attached hydrogens (tertiary/aromatic N) is 2. The Balaban J connectivity index is 1.67. The van der Waals surface area contributed by atoms with E-state index in [2.05, 4.69) is 15.5 Å². The number of hydrazone groups is 1. The second-order valence-electron chi connectivity index (χ2n) is 5.98. The first-order chi connectivity index (χ1) is 14.0. The van der Waals surface area contributed by atoms with E-state index in [-0.39, 0.29) is 4.90 Å². The predicted octanol–water partition coefficient (Wildman–Crippen LogP) is 2.76. The fourth-order valence-corrected chi connectivity index (χ4v) is 2.87. The minimum absolute atomic E-state index is 0.0672. The van der Waals surface area contributed by atoms with Crippen molar-refractivity contribution in [3.63, 3.8) is 0 Å². The molecule has 9 heteroatoms. The zero-order valence-electron chi connectivity index (χ0n) is 15.6. The molecule has 0 fully saturated rings. The van der Waals surface area contributed by atoms with Gasteiger partial charge in [0, 0.05) is 6.20 Å². The molecule has 0 radical (unpaired) electrons. The highest BCUT2D eigenvalue weighted by Crippen LogP contribution is 2.28. The summed E-state index contributed by atoms with van der Waals surface area (Å²) in [6, 6.07) is 18.1. The number of anilines is 1. The van der Waals surface area contributed by atoms with E-state index in [1.54, 1.807) is 19.4 Å². The molecule has 29 heavy (non-hydrogen) atoms. The fraction of sp³-hybridized carbons (Fsp3) is 0.100. The van der Waals surface area contributed by atoms with Crippen LogP contribution in [0.25, 0.3) is 0 Å². The number of hydrogen-bond donors (Lipinski definition) is 2. The summed E-state index contributed by atoms with van der Waals surface area (Å²) in [7, 11) is -2.19. The van der Waals surface area contributed by atoms with E-state index in [0.29, 0.717) is 23.9 Å². The molecule has 0 amide bonds. The van der Waals surface area contributed by atoms with Crippen LogP contribution in [0, 0.1) is 0 Å². The summed E-state index contributed by atoms with van der Waals surface area (Å²) >= 11 is 0. The number of sulfonamides is 1. The topological polar surface area (TPSA) is 116 Å². The van der Waals surface area contributed by atoms with E-state index in [4.69, 9.17) is 14.6 Å². The van der Waals surface area contributed by atoms with Crippen molar-refractivity contribution in [1.29, 1.82) is 0 Å². The van der Waals surface area contributed by atoms with Crippen LogP contribution in [0.2, 0.25) is 0 Å². The van der Waals surface area contributed by atoms with Gasteiger partial charge in [0.25, 0.3) is 0 Å². The number of primary sulfonamides is 1. The number of nitrogens with one attached hydrogen (secondary N) is 1. The average molecular weight is 412 g/mol. The highest BCUT2D eigenvalue weighted by molar-refractivity contribution is 7.89. The summed E-state index contributed by atoms with van der Waals surface area (Å²) < 4.78 is 33.7. The van der Waals surface area contributed by atoms with Crippen molar-refractivity contribution in [2.75, 3.05) is 12.5 Å². The smallest absolute Gasteiger partial charge is 0.239 e. The Morgan fingerprint density at radius 1 is 1.10 bits per heavy atom. The highest BCUT2D eigenvalue weighted by atomic mass is 32.2. The molecule has 0 unspecified atom stereocenters. The van der Waals surface area contributed by atoms with Gasteiger partial charge in [-0.05, 0) is 41.5 Å². The van der Waals surface area contributed by atoms with Gasteiger partial charge in [0.05, 0.1) is 13.3 Å². The number of aromatic nitrogens is 1. The maximum atomic E-state index is 11.2. The van der Waals surface area contributed by atoms with Gasteiger partial charge in [-0.15, -0.1) is 0 Å². The molecule has 1 aromatic heterocycles. The molecule has 3 aromatic rings. The lowest BCUT2D eigenvalue weighted by atomic mass is 10.2. The van der Waals surface area contributed by atoms with Gasteiger partial charge in [0.1, 0.15) is 17.3 Å². The Labute approximate surface area is 169 Å². The number of benzene rings is 2. The molecule has 0 aliphatic rings. The van der Waals surface area contributed by atoms with Crippen LogP contribution in [0.3, 0.4) is 0 Å². The molecule has 0 spiro atoms. The van der Waals surface area contributed by atoms with Crippen LogP contribution in [-0.2, 0) is 16.6 Å². The second-order valence-corrected chi connectivity index (χ2v) is 7.54. The third-order valence-electron chi connectivity index (χ3n) is 3.88. The molecule has 3 rings (SSSR count). The molecule has 150 valence electrons. The van der Waals surface area contributed by atoms with Crippen molar-refractivity contribution in [2.45, 2.75) is 11.5 Å². The summed E-state index contributed by atoms with van der Waals surface area (Å²) in [6.07, 6.45) is 2.75. The standard InChI is InChI=1S/C20H20N4O4S/c1-27-18-9-7-16(11-19(18)28-14-15-5-3-2-4-6-15)12-23-24-20-10-8-17(13-22-20)29(21,25)26/h2-13H,14H2,1H3,(H,22,24)(H2,21,25,26)/b23-12+. The molecule has 8 nitrogen and oxygen atoms in total. The SMILES string of the molecule is COc1ccc(/C=N/Nc2ccc(S(N)(=O)=O)cn2)cc1OCc1ccccc1. The molecule has 0 saturated carbocycles. The van der Waals surface area contributed by atoms with Crippen LogP contribution in [0.15, 0.2) is 76.9 Å². The molecule has 1 heterocycles. The number of methoxy groups -OCH3 is 1. The summed E-state index contributed by atoms with van der Waals surface area (Å²) in [5, 5.41) is 9.15. The molecule has 0 saturated heterocycles. The third kappa shape index (κ3) is 5.77. The lowest BCUT2D eigenvalue weighted by molar-refractivity contribution is 0.284. The number of rotatable bonds is 8. The van der Waals surface area contributed by atoms with E-state index in [1.807, 2.05) is 42.5 Å². The quantitative estimate of drug-likeness (QED) is 0.434. The van der Waals surface area contributed by atoms with Crippen molar-refractivity contribution in [2.24, 2.45) is 10.2 Å². The fourth-order valence-electron chi connectivity index (χ4n) is 2.41. The predicted molar refractivity (Wildman–Crippen MR) is 111 cm³/mol. The van der Waals surface area contributed by atoms with E-state index in [1.165, 1.54) is 12.1 Å². The number of pyridine rings is 1. The van der Waals surface area contributed by atoms with Crippen LogP contribution in [0.5, 0.6) is 11.5 Å². The van der Waals surface area contributed by atoms with Crippen LogP contribution in [0.4, 0.5) is 5.82 Å².